The highest BCUT2D eigenvalue weighted by Gasteiger charge is 2.31. The van der Waals surface area contributed by atoms with Gasteiger partial charge in [-0.25, -0.2) is 13.1 Å². The number of ether oxygens (including phenoxy) is 2. The lowest BCUT2D eigenvalue weighted by Gasteiger charge is -2.34. The maximum absolute atomic E-state index is 11.3. The molecule has 0 aliphatic heterocycles. The normalized spacial score (nSPS) is 18.0. The predicted molar refractivity (Wildman–Crippen MR) is 129 cm³/mol. The maximum atomic E-state index is 11.3. The van der Waals surface area contributed by atoms with Gasteiger partial charge in [-0.3, -0.25) is 0 Å². The fraction of sp³-hybridized carbons (Fsp3) is 0.348. The highest BCUT2D eigenvalue weighted by Crippen LogP contribution is 2.34. The Morgan fingerprint density at radius 2 is 2.00 bits per heavy atom. The van der Waals surface area contributed by atoms with Crippen LogP contribution in [0.5, 0.6) is 11.5 Å². The van der Waals surface area contributed by atoms with Gasteiger partial charge in [0, 0.05) is 23.3 Å². The van der Waals surface area contributed by atoms with E-state index in [9.17, 15) is 13.7 Å². The number of aromatic nitrogens is 1. The molecule has 1 aliphatic rings. The number of nitriles is 1. The Balaban J connectivity index is 1.47. The number of hydrogen-bond acceptors (Lipinski definition) is 5. The zero-order valence-corrected chi connectivity index (χ0v) is 20.3. The van der Waals surface area contributed by atoms with Crippen LogP contribution in [0.3, 0.4) is 0 Å². The summed E-state index contributed by atoms with van der Waals surface area (Å²) >= 11 is 12.1. The van der Waals surface area contributed by atoms with Crippen molar-refractivity contribution < 1.29 is 17.9 Å². The molecule has 1 heterocycles. The number of benzene rings is 2. The lowest BCUT2D eigenvalue weighted by molar-refractivity contribution is 0.152. The van der Waals surface area contributed by atoms with Gasteiger partial charge in [-0.2, -0.15) is 5.26 Å². The first-order valence-corrected chi connectivity index (χ1v) is 13.2. The Morgan fingerprint density at radius 1 is 1.21 bits per heavy atom. The summed E-state index contributed by atoms with van der Waals surface area (Å²) < 4.78 is 38.6. The predicted octanol–water partition coefficient (Wildman–Crippen LogP) is 4.48. The molecule has 0 bridgehead atoms. The van der Waals surface area contributed by atoms with Crippen LogP contribution < -0.4 is 14.2 Å². The van der Waals surface area contributed by atoms with E-state index < -0.39 is 10.0 Å². The van der Waals surface area contributed by atoms with E-state index in [-0.39, 0.29) is 12.6 Å². The minimum atomic E-state index is -3.17. The third-order valence-corrected chi connectivity index (χ3v) is 6.71. The molecule has 33 heavy (non-hydrogen) atoms. The van der Waals surface area contributed by atoms with Crippen molar-refractivity contribution in [3.05, 3.63) is 53.2 Å². The molecule has 174 valence electrons. The topological polar surface area (TPSA) is 93.3 Å². The molecule has 0 spiro atoms. The van der Waals surface area contributed by atoms with Gasteiger partial charge < -0.3 is 14.0 Å². The van der Waals surface area contributed by atoms with Gasteiger partial charge in [0.05, 0.1) is 34.8 Å². The number of alkyl halides is 1. The number of hydrogen-bond donors (Lipinski definition) is 1. The lowest BCUT2D eigenvalue weighted by atomic mass is 9.81. The van der Waals surface area contributed by atoms with Crippen LogP contribution in [0.2, 0.25) is 5.02 Å². The highest BCUT2D eigenvalue weighted by molar-refractivity contribution is 7.88. The lowest BCUT2D eigenvalue weighted by Crippen LogP contribution is -2.45. The first kappa shape index (κ1) is 23.7. The molecular weight excluding hydrogens is 485 g/mol. The van der Waals surface area contributed by atoms with Crippen LogP contribution in [0.4, 0.5) is 0 Å². The van der Waals surface area contributed by atoms with Gasteiger partial charge in [-0.1, -0.05) is 11.6 Å². The second kappa shape index (κ2) is 9.82. The smallest absolute Gasteiger partial charge is 0.208 e. The van der Waals surface area contributed by atoms with Crippen LogP contribution in [0, 0.1) is 17.2 Å². The van der Waals surface area contributed by atoms with Crippen LogP contribution in [-0.4, -0.2) is 44.4 Å². The first-order valence-electron chi connectivity index (χ1n) is 10.4. The molecule has 0 saturated heterocycles. The largest absolute Gasteiger partial charge is 0.493 e. The molecule has 1 aliphatic carbocycles. The van der Waals surface area contributed by atoms with Gasteiger partial charge in [0.25, 0.3) is 0 Å². The second-order valence-electron chi connectivity index (χ2n) is 8.10. The summed E-state index contributed by atoms with van der Waals surface area (Å²) in [5, 5.41) is 10.9. The number of sulfonamides is 1. The van der Waals surface area contributed by atoms with E-state index in [1.807, 2.05) is 35.0 Å². The number of rotatable bonds is 9. The van der Waals surface area contributed by atoms with Gasteiger partial charge in [0.2, 0.25) is 10.0 Å². The average molecular weight is 508 g/mol. The van der Waals surface area contributed by atoms with Gasteiger partial charge in [0.1, 0.15) is 18.4 Å². The number of fused-ring (bicyclic) bond motifs is 1. The van der Waals surface area contributed by atoms with Crippen LogP contribution in [0.1, 0.15) is 18.4 Å². The average Bonchev–Trinajstić information content (AvgIpc) is 3.16. The van der Waals surface area contributed by atoms with Crippen molar-refractivity contribution in [3.8, 4) is 23.3 Å². The minimum absolute atomic E-state index is 0.00182. The summed E-state index contributed by atoms with van der Waals surface area (Å²) in [6.07, 6.45) is 4.64. The molecule has 2 aromatic carbocycles. The summed E-state index contributed by atoms with van der Waals surface area (Å²) in [4.78, 5) is 0. The van der Waals surface area contributed by atoms with Gasteiger partial charge >= 0.3 is 0 Å². The Kier molecular flexibility index (Phi) is 7.05. The second-order valence-corrected chi connectivity index (χ2v) is 10.7. The Hall–Kier alpha value is -2.44. The molecule has 10 heteroatoms. The molecule has 1 N–H and O–H groups in total. The van der Waals surface area contributed by atoms with E-state index in [4.69, 9.17) is 32.7 Å². The number of nitrogens with zero attached hydrogens (tertiary/aromatic N) is 2. The van der Waals surface area contributed by atoms with E-state index in [2.05, 4.69) is 10.8 Å². The van der Waals surface area contributed by atoms with Crippen molar-refractivity contribution >= 4 is 44.1 Å². The minimum Gasteiger partial charge on any atom is -0.493 e. The number of halogens is 2. The van der Waals surface area contributed by atoms with Crippen molar-refractivity contribution in [3.63, 3.8) is 0 Å². The molecule has 0 amide bonds. The van der Waals surface area contributed by atoms with Crippen molar-refractivity contribution in [2.75, 3.05) is 25.3 Å². The van der Waals surface area contributed by atoms with Gasteiger partial charge in [-0.15, -0.1) is 11.6 Å². The van der Waals surface area contributed by atoms with Crippen LogP contribution >= 0.6 is 23.2 Å². The molecule has 0 unspecified atom stereocenters. The van der Waals surface area contributed by atoms with E-state index in [1.54, 1.807) is 12.1 Å². The standard InChI is InChI=1S/C23H23Cl2N3O4S/c1-33(29,30)27-18-8-15(9-18)14-32-20-2-3-22-16(11-20)4-6-28(22)19-10-17(13-26)23(21(25)12-19)31-7-5-24/h2-4,6,10-12,15,18,27H,5,7-9,14H2,1H3/t15-,18+. The fourth-order valence-corrected chi connectivity index (χ4v) is 5.15. The van der Waals surface area contributed by atoms with Crippen LogP contribution in [0.15, 0.2) is 42.6 Å². The zero-order valence-electron chi connectivity index (χ0n) is 17.9. The molecule has 7 nitrogen and oxygen atoms in total. The summed E-state index contributed by atoms with van der Waals surface area (Å²) in [7, 11) is -3.17. The summed E-state index contributed by atoms with van der Waals surface area (Å²) in [5.74, 6) is 1.71. The third kappa shape index (κ3) is 5.56. The highest BCUT2D eigenvalue weighted by atomic mass is 35.5. The zero-order chi connectivity index (χ0) is 23.6. The molecule has 4 rings (SSSR count). The Labute approximate surface area is 202 Å². The van der Waals surface area contributed by atoms with E-state index in [1.165, 1.54) is 6.26 Å². The fourth-order valence-electron chi connectivity index (χ4n) is 4.01. The molecule has 0 atom stereocenters. The Bertz CT molecular complexity index is 1310. The van der Waals surface area contributed by atoms with Crippen molar-refractivity contribution in [2.45, 2.75) is 18.9 Å². The quantitative estimate of drug-likeness (QED) is 0.431. The summed E-state index contributed by atoms with van der Waals surface area (Å²) in [6.45, 7) is 0.805. The van der Waals surface area contributed by atoms with E-state index >= 15 is 0 Å². The third-order valence-electron chi connectivity index (χ3n) is 5.51. The van der Waals surface area contributed by atoms with E-state index in [0.717, 1.165) is 35.2 Å². The molecular formula is C23H23Cl2N3O4S. The van der Waals surface area contributed by atoms with Crippen molar-refractivity contribution in [1.82, 2.24) is 9.29 Å². The van der Waals surface area contributed by atoms with Gasteiger partial charge in [0.15, 0.2) is 5.75 Å². The van der Waals surface area contributed by atoms with Gasteiger partial charge in [-0.05, 0) is 55.2 Å². The SMILES string of the molecule is CS(=O)(=O)N[C@H]1C[C@@H](COc2ccc3c(ccn3-c3cc(Cl)c(OCCCl)c(C#N)c3)c2)C1. The monoisotopic (exact) mass is 507 g/mol. The van der Waals surface area contributed by atoms with Crippen LogP contribution in [0.25, 0.3) is 16.6 Å². The summed E-state index contributed by atoms with van der Waals surface area (Å²) in [6, 6.07) is 13.4. The van der Waals surface area contributed by atoms with Crippen molar-refractivity contribution in [2.24, 2.45) is 5.92 Å². The number of nitrogens with one attached hydrogen (secondary N) is 1. The van der Waals surface area contributed by atoms with Crippen LogP contribution in [-0.2, 0) is 10.0 Å². The van der Waals surface area contributed by atoms with E-state index in [0.29, 0.717) is 34.7 Å². The Morgan fingerprint density at radius 3 is 2.70 bits per heavy atom. The maximum Gasteiger partial charge on any atom is 0.208 e. The molecule has 0 radical (unpaired) electrons. The molecule has 3 aromatic rings. The summed E-state index contributed by atoms with van der Waals surface area (Å²) in [5.41, 5.74) is 2.03. The molecule has 1 aromatic heterocycles. The first-order chi connectivity index (χ1) is 15.8. The molecule has 1 saturated carbocycles. The van der Waals surface area contributed by atoms with Crippen molar-refractivity contribution in [1.29, 1.82) is 5.26 Å². The molecule has 1 fully saturated rings.